The molecule has 2 aromatic rings. The van der Waals surface area contributed by atoms with Crippen molar-refractivity contribution in [3.8, 4) is 0 Å². The molecule has 6 nitrogen and oxygen atoms in total. The quantitative estimate of drug-likeness (QED) is 0.816. The maximum atomic E-state index is 12.8. The number of benzene rings is 1. The van der Waals surface area contributed by atoms with Crippen LogP contribution in [0.25, 0.3) is 0 Å². The molecule has 2 N–H and O–H groups in total. The van der Waals surface area contributed by atoms with Crippen molar-refractivity contribution in [1.82, 2.24) is 10.3 Å². The zero-order chi connectivity index (χ0) is 20.7. The summed E-state index contributed by atoms with van der Waals surface area (Å²) in [7, 11) is 0. The van der Waals surface area contributed by atoms with Crippen LogP contribution in [-0.2, 0) is 4.79 Å². The van der Waals surface area contributed by atoms with Crippen LogP contribution in [0, 0.1) is 11.8 Å². The fraction of sp³-hybridized carbons (Fsp3) is 0.500. The minimum Gasteiger partial charge on any atom is -0.376 e. The van der Waals surface area contributed by atoms with E-state index in [4.69, 9.17) is 4.98 Å². The Morgan fingerprint density at radius 3 is 2.50 bits per heavy atom. The van der Waals surface area contributed by atoms with Crippen molar-refractivity contribution in [2.75, 3.05) is 41.3 Å². The molecule has 0 bridgehead atoms. The predicted octanol–water partition coefficient (Wildman–Crippen LogP) is 3.43. The van der Waals surface area contributed by atoms with Crippen LogP contribution in [0.3, 0.4) is 0 Å². The van der Waals surface area contributed by atoms with Gasteiger partial charge in [-0.2, -0.15) is 0 Å². The van der Waals surface area contributed by atoms with Gasteiger partial charge < -0.3 is 20.4 Å². The van der Waals surface area contributed by atoms with E-state index in [2.05, 4.69) is 58.9 Å². The van der Waals surface area contributed by atoms with Gasteiger partial charge in [0.05, 0.1) is 17.4 Å². The van der Waals surface area contributed by atoms with E-state index in [1.54, 1.807) is 6.92 Å². The number of nitrogens with one attached hydrogen (secondary N) is 2. The molecule has 3 unspecified atom stereocenters. The standard InChI is InChI=1S/C24H31N5O/c1-16-22(26-19-6-4-3-5-7-19)23-20(29(17(2)30)24(16)18-8-9-18)10-11-21(27-23)28-14-12-25-13-15-28/h3-7,10-11,16,18,22,24-26H,8-9,12-15H2,1-2H3. The molecule has 1 amide bonds. The van der Waals surface area contributed by atoms with E-state index >= 15 is 0 Å². The van der Waals surface area contributed by atoms with Crippen LogP contribution in [0.1, 0.15) is 38.4 Å². The molecule has 3 heterocycles. The summed E-state index contributed by atoms with van der Waals surface area (Å²) in [6.45, 7) is 7.84. The molecule has 30 heavy (non-hydrogen) atoms. The van der Waals surface area contributed by atoms with Gasteiger partial charge in [-0.15, -0.1) is 0 Å². The molecule has 0 spiro atoms. The fourth-order valence-corrected chi connectivity index (χ4v) is 5.17. The third-order valence-electron chi connectivity index (χ3n) is 6.79. The second-order valence-electron chi connectivity index (χ2n) is 8.88. The van der Waals surface area contributed by atoms with E-state index < -0.39 is 0 Å². The van der Waals surface area contributed by atoms with Crippen LogP contribution in [0.5, 0.6) is 0 Å². The normalized spacial score (nSPS) is 26.3. The van der Waals surface area contributed by atoms with Gasteiger partial charge in [-0.1, -0.05) is 25.1 Å². The lowest BCUT2D eigenvalue weighted by atomic mass is 9.82. The van der Waals surface area contributed by atoms with Gasteiger partial charge in [0.2, 0.25) is 5.91 Å². The molecule has 1 aromatic heterocycles. The van der Waals surface area contributed by atoms with Gasteiger partial charge in [0.15, 0.2) is 0 Å². The summed E-state index contributed by atoms with van der Waals surface area (Å²) in [5, 5.41) is 7.17. The van der Waals surface area contributed by atoms with E-state index in [1.807, 2.05) is 11.0 Å². The molecule has 0 radical (unpaired) electrons. The summed E-state index contributed by atoms with van der Waals surface area (Å²) in [5.41, 5.74) is 3.07. The van der Waals surface area contributed by atoms with Gasteiger partial charge in [-0.3, -0.25) is 4.79 Å². The molecule has 2 fully saturated rings. The first-order valence-electron chi connectivity index (χ1n) is 11.2. The highest BCUT2D eigenvalue weighted by atomic mass is 16.2. The van der Waals surface area contributed by atoms with Crippen LogP contribution in [0.15, 0.2) is 42.5 Å². The van der Waals surface area contributed by atoms with E-state index in [0.29, 0.717) is 5.92 Å². The van der Waals surface area contributed by atoms with Crippen molar-refractivity contribution >= 4 is 23.1 Å². The molecule has 6 heteroatoms. The maximum absolute atomic E-state index is 12.8. The number of amides is 1. The largest absolute Gasteiger partial charge is 0.376 e. The number of carbonyl (C=O) groups is 1. The molecule has 158 valence electrons. The lowest BCUT2D eigenvalue weighted by Crippen LogP contribution is -2.51. The number of rotatable bonds is 4. The van der Waals surface area contributed by atoms with E-state index in [9.17, 15) is 4.79 Å². The number of hydrogen-bond acceptors (Lipinski definition) is 5. The Kier molecular flexibility index (Phi) is 5.11. The highest BCUT2D eigenvalue weighted by Gasteiger charge is 2.48. The molecule has 1 aromatic carbocycles. The van der Waals surface area contributed by atoms with Crippen LogP contribution in [-0.4, -0.2) is 43.1 Å². The Hall–Kier alpha value is -2.60. The van der Waals surface area contributed by atoms with E-state index in [1.165, 1.54) is 12.8 Å². The number of anilines is 3. The molecule has 5 rings (SSSR count). The lowest BCUT2D eigenvalue weighted by molar-refractivity contribution is -0.117. The monoisotopic (exact) mass is 405 g/mol. The molecule has 1 saturated carbocycles. The Bertz CT molecular complexity index is 907. The second-order valence-corrected chi connectivity index (χ2v) is 8.88. The Labute approximate surface area is 178 Å². The van der Waals surface area contributed by atoms with Gasteiger partial charge in [0.1, 0.15) is 5.82 Å². The zero-order valence-corrected chi connectivity index (χ0v) is 17.8. The number of para-hydroxylation sites is 1. The summed E-state index contributed by atoms with van der Waals surface area (Å²) in [5.74, 6) is 2.00. The van der Waals surface area contributed by atoms with Crippen molar-refractivity contribution in [2.45, 2.75) is 38.8 Å². The van der Waals surface area contributed by atoms with Crippen molar-refractivity contribution in [3.63, 3.8) is 0 Å². The minimum atomic E-state index is 0.0754. The van der Waals surface area contributed by atoms with Gasteiger partial charge in [-0.05, 0) is 43.0 Å². The van der Waals surface area contributed by atoms with Crippen LogP contribution < -0.4 is 20.4 Å². The Morgan fingerprint density at radius 1 is 1.10 bits per heavy atom. The van der Waals surface area contributed by atoms with Crippen molar-refractivity contribution < 1.29 is 4.79 Å². The van der Waals surface area contributed by atoms with Crippen LogP contribution in [0.2, 0.25) is 0 Å². The van der Waals surface area contributed by atoms with Gasteiger partial charge in [0.25, 0.3) is 0 Å². The zero-order valence-electron chi connectivity index (χ0n) is 17.8. The third kappa shape index (κ3) is 3.54. The lowest BCUT2D eigenvalue weighted by Gasteiger charge is -2.45. The third-order valence-corrected chi connectivity index (χ3v) is 6.79. The topological polar surface area (TPSA) is 60.5 Å². The maximum Gasteiger partial charge on any atom is 0.224 e. The average molecular weight is 406 g/mol. The van der Waals surface area contributed by atoms with E-state index in [0.717, 1.165) is 49.1 Å². The Balaban J connectivity index is 1.58. The number of fused-ring (bicyclic) bond motifs is 1. The number of aromatic nitrogens is 1. The summed E-state index contributed by atoms with van der Waals surface area (Å²) < 4.78 is 0. The number of hydrogen-bond donors (Lipinski definition) is 2. The molecule has 1 aliphatic carbocycles. The van der Waals surface area contributed by atoms with Crippen molar-refractivity contribution in [3.05, 3.63) is 48.2 Å². The van der Waals surface area contributed by atoms with Crippen molar-refractivity contribution in [1.29, 1.82) is 0 Å². The number of pyridine rings is 1. The highest BCUT2D eigenvalue weighted by molar-refractivity contribution is 5.94. The van der Waals surface area contributed by atoms with Gasteiger partial charge in [0, 0.05) is 50.7 Å². The fourth-order valence-electron chi connectivity index (χ4n) is 5.17. The highest BCUT2D eigenvalue weighted by Crippen LogP contribution is 2.49. The predicted molar refractivity (Wildman–Crippen MR) is 121 cm³/mol. The SMILES string of the molecule is CC(=O)N1c2ccc(N3CCNCC3)nc2C(Nc2ccccc2)C(C)C1C1CC1. The summed E-state index contributed by atoms with van der Waals surface area (Å²) in [4.78, 5) is 22.3. The summed E-state index contributed by atoms with van der Waals surface area (Å²) in [6, 6.07) is 14.9. The number of piperazine rings is 1. The van der Waals surface area contributed by atoms with Crippen LogP contribution >= 0.6 is 0 Å². The first-order chi connectivity index (χ1) is 14.6. The average Bonchev–Trinajstić information content (AvgIpc) is 3.61. The molecule has 3 atom stereocenters. The molecular formula is C24H31N5O. The van der Waals surface area contributed by atoms with Crippen LogP contribution in [0.4, 0.5) is 17.2 Å². The number of carbonyl (C=O) groups excluding carboxylic acids is 1. The van der Waals surface area contributed by atoms with E-state index in [-0.39, 0.29) is 23.9 Å². The minimum absolute atomic E-state index is 0.0754. The smallest absolute Gasteiger partial charge is 0.224 e. The first-order valence-corrected chi connectivity index (χ1v) is 11.2. The molecule has 3 aliphatic rings. The Morgan fingerprint density at radius 2 is 1.83 bits per heavy atom. The molecular weight excluding hydrogens is 374 g/mol. The van der Waals surface area contributed by atoms with Crippen molar-refractivity contribution in [2.24, 2.45) is 11.8 Å². The molecule has 2 aliphatic heterocycles. The second kappa shape index (κ2) is 7.91. The number of nitrogens with zero attached hydrogens (tertiary/aromatic N) is 3. The van der Waals surface area contributed by atoms with Gasteiger partial charge in [-0.25, -0.2) is 4.98 Å². The summed E-state index contributed by atoms with van der Waals surface area (Å²) in [6.07, 6.45) is 2.41. The molecule has 1 saturated heterocycles. The summed E-state index contributed by atoms with van der Waals surface area (Å²) >= 11 is 0. The first kappa shape index (κ1) is 19.4. The van der Waals surface area contributed by atoms with Gasteiger partial charge >= 0.3 is 0 Å².